The fourth-order valence-electron chi connectivity index (χ4n) is 1.27. The van der Waals surface area contributed by atoms with Crippen LogP contribution in [0.4, 0.5) is 5.95 Å². The number of benzene rings is 1. The highest BCUT2D eigenvalue weighted by molar-refractivity contribution is 6.17. The van der Waals surface area contributed by atoms with Crippen LogP contribution in [0.1, 0.15) is 15.9 Å². The number of nitrogens with zero attached hydrogens (tertiary/aromatic N) is 3. The van der Waals surface area contributed by atoms with E-state index in [1.807, 2.05) is 6.07 Å². The zero-order valence-electron chi connectivity index (χ0n) is 8.80. The van der Waals surface area contributed by atoms with Crippen LogP contribution in [0.2, 0.25) is 0 Å². The van der Waals surface area contributed by atoms with E-state index in [9.17, 15) is 4.79 Å². The van der Waals surface area contributed by atoms with Gasteiger partial charge in [0.2, 0.25) is 5.95 Å². The molecular weight excluding hydrogens is 240 g/mol. The van der Waals surface area contributed by atoms with Crippen molar-refractivity contribution in [2.45, 2.75) is 5.88 Å². The van der Waals surface area contributed by atoms with Gasteiger partial charge in [-0.2, -0.15) is 5.10 Å². The van der Waals surface area contributed by atoms with Crippen LogP contribution in [-0.4, -0.2) is 21.1 Å². The number of nitrogens with one attached hydrogen (secondary N) is 1. The SMILES string of the molecule is O=C(Nc1nccnn1)c1cccc(CCl)c1. The van der Waals surface area contributed by atoms with Crippen LogP contribution in [0.3, 0.4) is 0 Å². The lowest BCUT2D eigenvalue weighted by atomic mass is 10.1. The van der Waals surface area contributed by atoms with Crippen molar-refractivity contribution in [3.05, 3.63) is 47.8 Å². The number of hydrogen-bond acceptors (Lipinski definition) is 4. The molecule has 1 aromatic heterocycles. The number of anilines is 1. The van der Waals surface area contributed by atoms with E-state index in [0.717, 1.165) is 5.56 Å². The van der Waals surface area contributed by atoms with Gasteiger partial charge in [0.1, 0.15) is 0 Å². The van der Waals surface area contributed by atoms with E-state index in [2.05, 4.69) is 20.5 Å². The summed E-state index contributed by atoms with van der Waals surface area (Å²) in [5, 5.41) is 9.83. The lowest BCUT2D eigenvalue weighted by Gasteiger charge is -2.03. The molecule has 0 saturated heterocycles. The fraction of sp³-hybridized carbons (Fsp3) is 0.0909. The third-order valence-electron chi connectivity index (χ3n) is 2.05. The van der Waals surface area contributed by atoms with E-state index in [-0.39, 0.29) is 11.9 Å². The average Bonchev–Trinajstić information content (AvgIpc) is 2.40. The van der Waals surface area contributed by atoms with Gasteiger partial charge in [-0.3, -0.25) is 10.1 Å². The van der Waals surface area contributed by atoms with Crippen LogP contribution in [-0.2, 0) is 5.88 Å². The summed E-state index contributed by atoms with van der Waals surface area (Å²) in [5.74, 6) is 0.253. The van der Waals surface area contributed by atoms with Crippen molar-refractivity contribution in [1.82, 2.24) is 15.2 Å². The predicted octanol–water partition coefficient (Wildman–Crippen LogP) is 1.86. The van der Waals surface area contributed by atoms with Gasteiger partial charge in [0.25, 0.3) is 5.91 Å². The molecule has 0 radical (unpaired) electrons. The summed E-state index contributed by atoms with van der Waals surface area (Å²) in [6.45, 7) is 0. The maximum absolute atomic E-state index is 11.8. The monoisotopic (exact) mass is 248 g/mol. The average molecular weight is 249 g/mol. The second-order valence-electron chi connectivity index (χ2n) is 3.25. The first-order valence-corrected chi connectivity index (χ1v) is 5.43. The number of rotatable bonds is 3. The summed E-state index contributed by atoms with van der Waals surface area (Å²) in [7, 11) is 0. The minimum Gasteiger partial charge on any atom is -0.289 e. The van der Waals surface area contributed by atoms with Crippen molar-refractivity contribution >= 4 is 23.5 Å². The molecule has 17 heavy (non-hydrogen) atoms. The number of halogens is 1. The van der Waals surface area contributed by atoms with Crippen molar-refractivity contribution < 1.29 is 4.79 Å². The molecule has 1 N–H and O–H groups in total. The van der Waals surface area contributed by atoms with Gasteiger partial charge in [-0.05, 0) is 17.7 Å². The van der Waals surface area contributed by atoms with Crippen molar-refractivity contribution in [2.75, 3.05) is 5.32 Å². The Hall–Kier alpha value is -2.01. The van der Waals surface area contributed by atoms with Gasteiger partial charge in [-0.1, -0.05) is 12.1 Å². The van der Waals surface area contributed by atoms with Gasteiger partial charge in [0.05, 0.1) is 12.4 Å². The van der Waals surface area contributed by atoms with Crippen LogP contribution in [0, 0.1) is 0 Å². The maximum Gasteiger partial charge on any atom is 0.258 e. The normalized spacial score (nSPS) is 9.94. The number of alkyl halides is 1. The Labute approximate surface area is 103 Å². The van der Waals surface area contributed by atoms with Crippen molar-refractivity contribution in [1.29, 1.82) is 0 Å². The Morgan fingerprint density at radius 1 is 1.35 bits per heavy atom. The number of aromatic nitrogens is 3. The summed E-state index contributed by atoms with van der Waals surface area (Å²) in [6.07, 6.45) is 2.89. The Bertz CT molecular complexity index is 518. The molecule has 0 spiro atoms. The Morgan fingerprint density at radius 3 is 2.94 bits per heavy atom. The zero-order valence-corrected chi connectivity index (χ0v) is 9.55. The fourth-order valence-corrected chi connectivity index (χ4v) is 1.44. The minimum absolute atomic E-state index is 0.175. The number of amides is 1. The van der Waals surface area contributed by atoms with Gasteiger partial charge >= 0.3 is 0 Å². The highest BCUT2D eigenvalue weighted by Crippen LogP contribution is 2.09. The topological polar surface area (TPSA) is 67.8 Å². The Morgan fingerprint density at radius 2 is 2.24 bits per heavy atom. The Kier molecular flexibility index (Phi) is 3.62. The van der Waals surface area contributed by atoms with Crippen LogP contribution >= 0.6 is 11.6 Å². The molecule has 1 amide bonds. The van der Waals surface area contributed by atoms with Crippen LogP contribution in [0.25, 0.3) is 0 Å². The molecule has 1 heterocycles. The second kappa shape index (κ2) is 5.36. The van der Waals surface area contributed by atoms with Crippen molar-refractivity contribution in [3.63, 3.8) is 0 Å². The summed E-state index contributed by atoms with van der Waals surface area (Å²) in [5.41, 5.74) is 1.39. The van der Waals surface area contributed by atoms with Gasteiger partial charge < -0.3 is 0 Å². The van der Waals surface area contributed by atoms with Crippen LogP contribution in [0.5, 0.6) is 0 Å². The van der Waals surface area contributed by atoms with E-state index in [1.165, 1.54) is 12.4 Å². The molecule has 0 aliphatic heterocycles. The van der Waals surface area contributed by atoms with Gasteiger partial charge in [-0.25, -0.2) is 4.98 Å². The van der Waals surface area contributed by atoms with E-state index in [4.69, 9.17) is 11.6 Å². The van der Waals surface area contributed by atoms with Crippen molar-refractivity contribution in [2.24, 2.45) is 0 Å². The number of carbonyl (C=O) groups is 1. The minimum atomic E-state index is -0.287. The first-order valence-electron chi connectivity index (χ1n) is 4.89. The maximum atomic E-state index is 11.8. The molecule has 6 heteroatoms. The van der Waals surface area contributed by atoms with Crippen LogP contribution < -0.4 is 5.32 Å². The predicted molar refractivity (Wildman–Crippen MR) is 63.8 cm³/mol. The quantitative estimate of drug-likeness (QED) is 0.842. The molecule has 86 valence electrons. The summed E-state index contributed by atoms with van der Waals surface area (Å²) in [4.78, 5) is 15.7. The number of carbonyl (C=O) groups excluding carboxylic acids is 1. The van der Waals surface area contributed by atoms with Gasteiger partial charge in [0, 0.05) is 11.4 Å². The van der Waals surface area contributed by atoms with Gasteiger partial charge in [0.15, 0.2) is 0 Å². The lowest BCUT2D eigenvalue weighted by Crippen LogP contribution is -2.14. The lowest BCUT2D eigenvalue weighted by molar-refractivity contribution is 0.102. The van der Waals surface area contributed by atoms with E-state index < -0.39 is 0 Å². The Balaban J connectivity index is 2.14. The molecule has 1 aromatic carbocycles. The zero-order chi connectivity index (χ0) is 12.1. The van der Waals surface area contributed by atoms with E-state index >= 15 is 0 Å². The number of hydrogen-bond donors (Lipinski definition) is 1. The first-order chi connectivity index (χ1) is 8.29. The molecule has 5 nitrogen and oxygen atoms in total. The van der Waals surface area contributed by atoms with Crippen molar-refractivity contribution in [3.8, 4) is 0 Å². The summed E-state index contributed by atoms with van der Waals surface area (Å²) in [6, 6.07) is 7.04. The largest absolute Gasteiger partial charge is 0.289 e. The standard InChI is InChI=1S/C11H9ClN4O/c12-7-8-2-1-3-9(6-8)10(17)15-11-13-4-5-14-16-11/h1-6H,7H2,(H,13,15,16,17). The summed E-state index contributed by atoms with van der Waals surface area (Å²) >= 11 is 5.70. The molecule has 0 aliphatic rings. The molecular formula is C11H9ClN4O. The van der Waals surface area contributed by atoms with E-state index in [1.54, 1.807) is 18.2 Å². The second-order valence-corrected chi connectivity index (χ2v) is 3.52. The first kappa shape index (κ1) is 11.5. The molecule has 2 aromatic rings. The molecule has 0 atom stereocenters. The molecule has 2 rings (SSSR count). The molecule has 0 fully saturated rings. The molecule has 0 bridgehead atoms. The van der Waals surface area contributed by atoms with Gasteiger partial charge in [-0.15, -0.1) is 16.7 Å². The third kappa shape index (κ3) is 2.98. The molecule has 0 saturated carbocycles. The highest BCUT2D eigenvalue weighted by atomic mass is 35.5. The highest BCUT2D eigenvalue weighted by Gasteiger charge is 2.07. The summed E-state index contributed by atoms with van der Waals surface area (Å²) < 4.78 is 0. The van der Waals surface area contributed by atoms with E-state index in [0.29, 0.717) is 11.4 Å². The molecule has 0 unspecified atom stereocenters. The third-order valence-corrected chi connectivity index (χ3v) is 2.36. The molecule has 0 aliphatic carbocycles. The van der Waals surface area contributed by atoms with Crippen LogP contribution in [0.15, 0.2) is 36.7 Å². The smallest absolute Gasteiger partial charge is 0.258 e.